The number of carbonyl (C=O) groups is 1. The maximum absolute atomic E-state index is 11.3. The summed E-state index contributed by atoms with van der Waals surface area (Å²) in [6, 6.07) is 5.79. The van der Waals surface area contributed by atoms with Crippen LogP contribution >= 0.6 is 12.2 Å². The lowest BCUT2D eigenvalue weighted by molar-refractivity contribution is -0.140. The fourth-order valence-corrected chi connectivity index (χ4v) is 2.31. The monoisotopic (exact) mass is 294 g/mol. The van der Waals surface area contributed by atoms with Gasteiger partial charge in [-0.1, -0.05) is 13.0 Å². The summed E-state index contributed by atoms with van der Waals surface area (Å²) in [5, 5.41) is 0. The van der Waals surface area contributed by atoms with Crippen molar-refractivity contribution in [2.75, 3.05) is 13.7 Å². The Morgan fingerprint density at radius 3 is 2.95 bits per heavy atom. The van der Waals surface area contributed by atoms with Gasteiger partial charge < -0.3 is 19.0 Å². The third-order valence-corrected chi connectivity index (χ3v) is 3.32. The minimum atomic E-state index is -0.250. The molecule has 0 bridgehead atoms. The highest BCUT2D eigenvalue weighted by Gasteiger charge is 2.10. The minimum Gasteiger partial charge on any atom is -0.491 e. The van der Waals surface area contributed by atoms with Gasteiger partial charge in [-0.3, -0.25) is 4.79 Å². The quantitative estimate of drug-likeness (QED) is 0.657. The van der Waals surface area contributed by atoms with Gasteiger partial charge >= 0.3 is 5.97 Å². The number of rotatable bonds is 6. The Balaban J connectivity index is 2.34. The molecule has 0 atom stereocenters. The van der Waals surface area contributed by atoms with Crippen molar-refractivity contribution in [3.63, 3.8) is 0 Å². The van der Waals surface area contributed by atoms with Crippen LogP contribution in [0.1, 0.15) is 19.8 Å². The minimum absolute atomic E-state index is 0.250. The average Bonchev–Trinajstić information content (AvgIpc) is 2.78. The van der Waals surface area contributed by atoms with Crippen molar-refractivity contribution in [3.05, 3.63) is 23.0 Å². The summed E-state index contributed by atoms with van der Waals surface area (Å²) >= 11 is 5.31. The molecule has 0 aliphatic carbocycles. The Labute approximate surface area is 122 Å². The highest BCUT2D eigenvalue weighted by Crippen LogP contribution is 2.25. The Morgan fingerprint density at radius 1 is 1.45 bits per heavy atom. The molecule has 0 aliphatic rings. The van der Waals surface area contributed by atoms with Crippen molar-refractivity contribution in [3.8, 4) is 5.75 Å². The molecular weight excluding hydrogens is 276 g/mol. The number of nitrogens with one attached hydrogen (secondary N) is 1. The van der Waals surface area contributed by atoms with Crippen molar-refractivity contribution in [2.24, 2.45) is 0 Å². The van der Waals surface area contributed by atoms with Crippen LogP contribution < -0.4 is 4.74 Å². The number of imidazole rings is 1. The Bertz CT molecular complexity index is 660. The van der Waals surface area contributed by atoms with Gasteiger partial charge in [0.15, 0.2) is 4.77 Å². The highest BCUT2D eigenvalue weighted by atomic mass is 32.1. The maximum atomic E-state index is 11.3. The number of carbonyl (C=O) groups excluding carboxylic acids is 1. The Hall–Kier alpha value is -1.82. The SMILES string of the molecule is CCCOc1cccc2c1[nH]c(=S)n2CCC(=O)OC. The number of H-pyrrole nitrogens is 1. The highest BCUT2D eigenvalue weighted by molar-refractivity contribution is 7.71. The normalized spacial score (nSPS) is 10.7. The van der Waals surface area contributed by atoms with Crippen molar-refractivity contribution in [1.82, 2.24) is 9.55 Å². The molecule has 0 unspecified atom stereocenters. The van der Waals surface area contributed by atoms with Crippen LogP contribution in [0.3, 0.4) is 0 Å². The van der Waals surface area contributed by atoms with Gasteiger partial charge in [-0.2, -0.15) is 0 Å². The molecule has 0 spiro atoms. The van der Waals surface area contributed by atoms with Crippen LogP contribution in [-0.2, 0) is 16.1 Å². The van der Waals surface area contributed by atoms with E-state index in [9.17, 15) is 4.79 Å². The summed E-state index contributed by atoms with van der Waals surface area (Å²) < 4.78 is 12.8. The molecule has 6 heteroatoms. The van der Waals surface area contributed by atoms with Gasteiger partial charge in [0.05, 0.1) is 25.7 Å². The molecule has 2 aromatic rings. The first-order valence-electron chi connectivity index (χ1n) is 6.58. The first-order valence-corrected chi connectivity index (χ1v) is 6.99. The Kier molecular flexibility index (Phi) is 4.79. The number of benzene rings is 1. The van der Waals surface area contributed by atoms with E-state index < -0.39 is 0 Å². The number of hydrogen-bond acceptors (Lipinski definition) is 4. The van der Waals surface area contributed by atoms with Gasteiger partial charge in [-0.15, -0.1) is 0 Å². The third kappa shape index (κ3) is 3.01. The summed E-state index contributed by atoms with van der Waals surface area (Å²) in [5.74, 6) is 0.534. The third-order valence-electron chi connectivity index (χ3n) is 3.00. The van der Waals surface area contributed by atoms with E-state index in [4.69, 9.17) is 17.0 Å². The number of para-hydroxylation sites is 1. The number of esters is 1. The van der Waals surface area contributed by atoms with Gasteiger partial charge in [-0.05, 0) is 30.8 Å². The molecule has 108 valence electrons. The van der Waals surface area contributed by atoms with Gasteiger partial charge in [0, 0.05) is 6.54 Å². The molecule has 0 amide bonds. The largest absolute Gasteiger partial charge is 0.491 e. The van der Waals surface area contributed by atoms with Crippen molar-refractivity contribution in [2.45, 2.75) is 26.3 Å². The number of fused-ring (bicyclic) bond motifs is 1. The van der Waals surface area contributed by atoms with Crippen molar-refractivity contribution >= 4 is 29.2 Å². The number of aromatic nitrogens is 2. The zero-order chi connectivity index (χ0) is 14.5. The van der Waals surface area contributed by atoms with E-state index in [2.05, 4.69) is 16.6 Å². The van der Waals surface area contributed by atoms with Gasteiger partial charge in [0.25, 0.3) is 0 Å². The van der Waals surface area contributed by atoms with Crippen LogP contribution in [0, 0.1) is 4.77 Å². The van der Waals surface area contributed by atoms with E-state index in [1.807, 2.05) is 22.8 Å². The lowest BCUT2D eigenvalue weighted by Crippen LogP contribution is -2.07. The van der Waals surface area contributed by atoms with Crippen LogP contribution in [-0.4, -0.2) is 29.2 Å². The first kappa shape index (κ1) is 14.6. The zero-order valence-electron chi connectivity index (χ0n) is 11.6. The number of aryl methyl sites for hydroxylation is 1. The second kappa shape index (κ2) is 6.56. The molecule has 1 aromatic carbocycles. The van der Waals surface area contributed by atoms with Crippen molar-refractivity contribution < 1.29 is 14.3 Å². The van der Waals surface area contributed by atoms with E-state index >= 15 is 0 Å². The molecule has 0 saturated heterocycles. The maximum Gasteiger partial charge on any atom is 0.307 e. The Morgan fingerprint density at radius 2 is 2.25 bits per heavy atom. The molecule has 1 N–H and O–H groups in total. The first-order chi connectivity index (χ1) is 9.67. The topological polar surface area (TPSA) is 56.2 Å². The standard InChI is InChI=1S/C14H18N2O3S/c1-3-9-19-11-6-4-5-10-13(11)15-14(20)16(10)8-7-12(17)18-2/h4-6H,3,7-9H2,1-2H3,(H,15,20). The van der Waals surface area contributed by atoms with E-state index in [0.717, 1.165) is 23.2 Å². The molecule has 20 heavy (non-hydrogen) atoms. The summed E-state index contributed by atoms with van der Waals surface area (Å²) in [7, 11) is 1.38. The van der Waals surface area contributed by atoms with Crippen LogP contribution in [0.4, 0.5) is 0 Å². The fraction of sp³-hybridized carbons (Fsp3) is 0.429. The van der Waals surface area contributed by atoms with Crippen LogP contribution in [0.2, 0.25) is 0 Å². The molecule has 5 nitrogen and oxygen atoms in total. The predicted molar refractivity (Wildman–Crippen MR) is 79.5 cm³/mol. The average molecular weight is 294 g/mol. The fourth-order valence-electron chi connectivity index (χ4n) is 2.01. The molecule has 0 aliphatic heterocycles. The number of hydrogen-bond donors (Lipinski definition) is 1. The van der Waals surface area contributed by atoms with Crippen LogP contribution in [0.5, 0.6) is 5.75 Å². The second-order valence-corrected chi connectivity index (χ2v) is 4.79. The summed E-state index contributed by atoms with van der Waals surface area (Å²) in [4.78, 5) is 14.4. The number of ether oxygens (including phenoxy) is 2. The number of aromatic amines is 1. The summed E-state index contributed by atoms with van der Waals surface area (Å²) in [6.07, 6.45) is 1.23. The van der Waals surface area contributed by atoms with Gasteiger partial charge in [0.1, 0.15) is 11.3 Å². The summed E-state index contributed by atoms with van der Waals surface area (Å²) in [6.45, 7) is 3.21. The van der Waals surface area contributed by atoms with E-state index in [1.54, 1.807) is 0 Å². The number of methoxy groups -OCH3 is 1. The molecule has 1 heterocycles. The van der Waals surface area contributed by atoms with Crippen molar-refractivity contribution in [1.29, 1.82) is 0 Å². The molecule has 2 rings (SSSR count). The van der Waals surface area contributed by atoms with Crippen LogP contribution in [0.15, 0.2) is 18.2 Å². The molecular formula is C14H18N2O3S. The molecule has 0 saturated carbocycles. The van der Waals surface area contributed by atoms with Crippen LogP contribution in [0.25, 0.3) is 11.0 Å². The predicted octanol–water partition coefficient (Wildman–Crippen LogP) is 3.05. The van der Waals surface area contributed by atoms with E-state index in [-0.39, 0.29) is 12.4 Å². The smallest absolute Gasteiger partial charge is 0.307 e. The van der Waals surface area contributed by atoms with E-state index in [1.165, 1.54) is 7.11 Å². The number of nitrogens with zero attached hydrogens (tertiary/aromatic N) is 1. The van der Waals surface area contributed by atoms with E-state index in [0.29, 0.717) is 17.9 Å². The lowest BCUT2D eigenvalue weighted by Gasteiger charge is -2.06. The van der Waals surface area contributed by atoms with Gasteiger partial charge in [-0.25, -0.2) is 0 Å². The molecule has 1 aromatic heterocycles. The summed E-state index contributed by atoms with van der Waals surface area (Å²) in [5.41, 5.74) is 1.81. The van der Waals surface area contributed by atoms with Gasteiger partial charge in [0.2, 0.25) is 0 Å². The lowest BCUT2D eigenvalue weighted by atomic mass is 10.3. The molecule has 0 fully saturated rings. The second-order valence-electron chi connectivity index (χ2n) is 4.41. The zero-order valence-corrected chi connectivity index (χ0v) is 12.5. The molecule has 0 radical (unpaired) electrons.